The Morgan fingerprint density at radius 1 is 1.18 bits per heavy atom. The molecule has 0 amide bonds. The van der Waals surface area contributed by atoms with Gasteiger partial charge in [-0.15, -0.1) is 0 Å². The summed E-state index contributed by atoms with van der Waals surface area (Å²) in [7, 11) is 0. The van der Waals surface area contributed by atoms with Crippen LogP contribution in [0.15, 0.2) is 59.8 Å². The fourth-order valence-electron chi connectivity index (χ4n) is 1.52. The van der Waals surface area contributed by atoms with Gasteiger partial charge >= 0.3 is 0 Å². The molecule has 0 heterocycles. The highest BCUT2D eigenvalue weighted by Crippen LogP contribution is 2.19. The Hall–Kier alpha value is -1.63. The van der Waals surface area contributed by atoms with Gasteiger partial charge in [0.25, 0.3) is 0 Å². The van der Waals surface area contributed by atoms with Gasteiger partial charge in [0, 0.05) is 5.57 Å². The van der Waals surface area contributed by atoms with Crippen LogP contribution in [0, 0.1) is 5.41 Å². The highest BCUT2D eigenvalue weighted by molar-refractivity contribution is 6.09. The Kier molecular flexibility index (Phi) is 6.88. The first kappa shape index (κ1) is 15.4. The van der Waals surface area contributed by atoms with Crippen molar-refractivity contribution in [2.24, 2.45) is 0 Å². The molecule has 1 nitrogen and oxygen atoms in total. The van der Waals surface area contributed by atoms with Gasteiger partial charge in [0.2, 0.25) is 0 Å². The predicted octanol–water partition coefficient (Wildman–Crippen LogP) is 5.00. The van der Waals surface area contributed by atoms with Crippen molar-refractivity contribution in [2.75, 3.05) is 0 Å². The van der Waals surface area contributed by atoms with Crippen molar-refractivity contribution in [3.63, 3.8) is 0 Å². The lowest BCUT2D eigenvalue weighted by molar-refractivity contribution is 1.08. The third-order valence-corrected chi connectivity index (χ3v) is 2.52. The van der Waals surface area contributed by atoms with Gasteiger partial charge in [-0.3, -0.25) is 0 Å². The molecule has 92 valence electrons. The lowest BCUT2D eigenvalue weighted by Crippen LogP contribution is -2.02. The molecule has 0 aliphatic rings. The van der Waals surface area contributed by atoms with E-state index in [0.717, 1.165) is 23.1 Å². The van der Waals surface area contributed by atoms with Crippen LogP contribution in [0.5, 0.6) is 0 Å². The van der Waals surface area contributed by atoms with Crippen molar-refractivity contribution in [1.82, 2.24) is 0 Å². The second kappa shape index (κ2) is 7.61. The smallest absolute Gasteiger partial charge is 0.0614 e. The molecule has 1 N–H and O–H groups in total. The summed E-state index contributed by atoms with van der Waals surface area (Å²) in [6.07, 6.45) is 8.32. The Balaban J connectivity index is 5.37. The molecule has 0 fully saturated rings. The zero-order valence-electron chi connectivity index (χ0n) is 11.4. The van der Waals surface area contributed by atoms with Gasteiger partial charge in [0.15, 0.2) is 0 Å². The van der Waals surface area contributed by atoms with Crippen molar-refractivity contribution in [1.29, 1.82) is 5.41 Å². The van der Waals surface area contributed by atoms with Gasteiger partial charge < -0.3 is 5.41 Å². The van der Waals surface area contributed by atoms with Crippen LogP contribution in [0.3, 0.4) is 0 Å². The van der Waals surface area contributed by atoms with E-state index in [4.69, 9.17) is 5.41 Å². The summed E-state index contributed by atoms with van der Waals surface area (Å²) in [5.41, 5.74) is 4.79. The summed E-state index contributed by atoms with van der Waals surface area (Å²) in [5, 5.41) is 8.12. The van der Waals surface area contributed by atoms with Crippen LogP contribution in [-0.2, 0) is 0 Å². The van der Waals surface area contributed by atoms with E-state index in [9.17, 15) is 0 Å². The zero-order chi connectivity index (χ0) is 13.4. The molecule has 0 spiro atoms. The summed E-state index contributed by atoms with van der Waals surface area (Å²) in [6.45, 7) is 15.6. The van der Waals surface area contributed by atoms with E-state index < -0.39 is 0 Å². The SMILES string of the molecule is C=C/C=C(C)\C(C(=N)/C=C/C(=C)C)=C(/C)CC. The second-order valence-electron chi connectivity index (χ2n) is 4.19. The largest absolute Gasteiger partial charge is 0.300 e. The summed E-state index contributed by atoms with van der Waals surface area (Å²) < 4.78 is 0. The third-order valence-electron chi connectivity index (χ3n) is 2.52. The molecule has 0 radical (unpaired) electrons. The number of rotatable bonds is 6. The van der Waals surface area contributed by atoms with Gasteiger partial charge in [0.05, 0.1) is 5.71 Å². The maximum atomic E-state index is 8.12. The molecule has 0 saturated heterocycles. The van der Waals surface area contributed by atoms with Crippen molar-refractivity contribution in [3.05, 3.63) is 59.8 Å². The molecule has 0 aliphatic carbocycles. The van der Waals surface area contributed by atoms with Gasteiger partial charge in [-0.25, -0.2) is 0 Å². The molecule has 17 heavy (non-hydrogen) atoms. The van der Waals surface area contributed by atoms with Gasteiger partial charge in [-0.05, 0) is 38.8 Å². The van der Waals surface area contributed by atoms with Crippen molar-refractivity contribution in [2.45, 2.75) is 34.1 Å². The van der Waals surface area contributed by atoms with Crippen LogP contribution >= 0.6 is 0 Å². The van der Waals surface area contributed by atoms with Crippen LogP contribution in [0.2, 0.25) is 0 Å². The first-order chi connectivity index (χ1) is 7.93. The van der Waals surface area contributed by atoms with Crippen molar-refractivity contribution >= 4 is 5.71 Å². The Morgan fingerprint density at radius 2 is 1.76 bits per heavy atom. The van der Waals surface area contributed by atoms with Gasteiger partial charge in [0.1, 0.15) is 0 Å². The van der Waals surface area contributed by atoms with Crippen molar-refractivity contribution in [3.8, 4) is 0 Å². The molecular weight excluding hydrogens is 206 g/mol. The monoisotopic (exact) mass is 229 g/mol. The van der Waals surface area contributed by atoms with Crippen LogP contribution in [0.25, 0.3) is 0 Å². The topological polar surface area (TPSA) is 23.9 Å². The zero-order valence-corrected chi connectivity index (χ0v) is 11.4. The third kappa shape index (κ3) is 5.30. The predicted molar refractivity (Wildman–Crippen MR) is 78.6 cm³/mol. The highest BCUT2D eigenvalue weighted by atomic mass is 14.4. The maximum absolute atomic E-state index is 8.12. The normalized spacial score (nSPS) is 13.5. The summed E-state index contributed by atoms with van der Waals surface area (Å²) in [6, 6.07) is 0. The van der Waals surface area contributed by atoms with E-state index in [2.05, 4.69) is 27.0 Å². The molecule has 1 heteroatoms. The second-order valence-corrected chi connectivity index (χ2v) is 4.19. The number of nitrogens with one attached hydrogen (secondary N) is 1. The number of hydrogen-bond donors (Lipinski definition) is 1. The van der Waals surface area contributed by atoms with Crippen LogP contribution < -0.4 is 0 Å². The Bertz CT molecular complexity index is 403. The molecule has 0 rings (SSSR count). The first-order valence-corrected chi connectivity index (χ1v) is 5.86. The van der Waals surface area contributed by atoms with Crippen LogP contribution in [-0.4, -0.2) is 5.71 Å². The Labute approximate surface area is 105 Å². The lowest BCUT2D eigenvalue weighted by Gasteiger charge is -2.11. The maximum Gasteiger partial charge on any atom is 0.0614 e. The fourth-order valence-corrected chi connectivity index (χ4v) is 1.52. The minimum Gasteiger partial charge on any atom is -0.300 e. The molecule has 0 saturated carbocycles. The first-order valence-electron chi connectivity index (χ1n) is 5.86. The minimum atomic E-state index is 0.531. The van der Waals surface area contributed by atoms with E-state index in [1.165, 1.54) is 5.57 Å². The van der Waals surface area contributed by atoms with E-state index in [-0.39, 0.29) is 0 Å². The van der Waals surface area contributed by atoms with E-state index in [1.54, 1.807) is 12.2 Å². The summed E-state index contributed by atoms with van der Waals surface area (Å²) >= 11 is 0. The van der Waals surface area contributed by atoms with Crippen molar-refractivity contribution < 1.29 is 0 Å². The quantitative estimate of drug-likeness (QED) is 0.489. The Morgan fingerprint density at radius 3 is 2.18 bits per heavy atom. The van der Waals surface area contributed by atoms with Gasteiger partial charge in [-0.1, -0.05) is 49.5 Å². The molecule has 0 aromatic heterocycles. The average molecular weight is 229 g/mol. The van der Waals surface area contributed by atoms with E-state index >= 15 is 0 Å². The number of allylic oxidation sites excluding steroid dienone is 8. The summed E-state index contributed by atoms with van der Waals surface area (Å²) in [4.78, 5) is 0. The van der Waals surface area contributed by atoms with Crippen LogP contribution in [0.1, 0.15) is 34.1 Å². The molecular formula is C16H23N. The molecule has 0 aromatic carbocycles. The van der Waals surface area contributed by atoms with Gasteiger partial charge in [-0.2, -0.15) is 0 Å². The minimum absolute atomic E-state index is 0.531. The standard InChI is InChI=1S/C16H23N/c1-7-9-14(6)16(13(5)8-2)15(17)11-10-12(3)4/h7,9-11,17H,1,3,8H2,2,4-6H3/b11-10+,14-9-,16-13-,17-15?. The van der Waals surface area contributed by atoms with E-state index in [1.807, 2.05) is 26.0 Å². The summed E-state index contributed by atoms with van der Waals surface area (Å²) in [5.74, 6) is 0. The molecule has 0 aromatic rings. The molecule has 0 atom stereocenters. The molecule has 0 unspecified atom stereocenters. The highest BCUT2D eigenvalue weighted by Gasteiger charge is 2.07. The van der Waals surface area contributed by atoms with E-state index in [0.29, 0.717) is 5.71 Å². The molecule has 0 aliphatic heterocycles. The van der Waals surface area contributed by atoms with Crippen LogP contribution in [0.4, 0.5) is 0 Å². The lowest BCUT2D eigenvalue weighted by atomic mass is 9.95. The fraction of sp³-hybridized carbons (Fsp3) is 0.312. The number of hydrogen-bond acceptors (Lipinski definition) is 1. The average Bonchev–Trinajstić information content (AvgIpc) is 2.26. The molecule has 0 bridgehead atoms.